The number of hydrogen-bond donors (Lipinski definition) is 4. The van der Waals surface area contributed by atoms with Gasteiger partial charge in [0.05, 0.1) is 5.41 Å². The van der Waals surface area contributed by atoms with Crippen LogP contribution in [0.5, 0.6) is 0 Å². The Balaban J connectivity index is 1.61. The minimum atomic E-state index is -0.817. The van der Waals surface area contributed by atoms with Crippen LogP contribution in [-0.2, 0) is 23.1 Å². The SMILES string of the molecule is CB(Cc1cc(NC(=O)C(C)(C)c2ccc(/C(N)=N/N)cc2)ncn1)NCc1ccc(F)cc1. The van der Waals surface area contributed by atoms with Crippen molar-refractivity contribution in [3.8, 4) is 0 Å². The maximum atomic E-state index is 13.1. The summed E-state index contributed by atoms with van der Waals surface area (Å²) in [5.41, 5.74) is 8.20. The van der Waals surface area contributed by atoms with Crippen LogP contribution < -0.4 is 22.1 Å². The van der Waals surface area contributed by atoms with Gasteiger partial charge in [0.2, 0.25) is 12.8 Å². The Labute approximate surface area is 199 Å². The van der Waals surface area contributed by atoms with Crippen molar-refractivity contribution in [3.05, 3.63) is 89.1 Å². The highest BCUT2D eigenvalue weighted by Crippen LogP contribution is 2.25. The van der Waals surface area contributed by atoms with Gasteiger partial charge in [-0.05, 0) is 43.4 Å². The summed E-state index contributed by atoms with van der Waals surface area (Å²) in [7, 11) is 0. The molecule has 1 aromatic heterocycles. The molecule has 3 rings (SSSR count). The molecule has 10 heteroatoms. The molecule has 0 saturated heterocycles. The third-order valence-electron chi connectivity index (χ3n) is 5.66. The van der Waals surface area contributed by atoms with Crippen molar-refractivity contribution in [1.29, 1.82) is 0 Å². The lowest BCUT2D eigenvalue weighted by atomic mass is 9.61. The largest absolute Gasteiger partial charge is 0.382 e. The van der Waals surface area contributed by atoms with E-state index >= 15 is 0 Å². The van der Waals surface area contributed by atoms with E-state index in [9.17, 15) is 9.18 Å². The molecule has 176 valence electrons. The zero-order valence-corrected chi connectivity index (χ0v) is 19.5. The van der Waals surface area contributed by atoms with Gasteiger partial charge in [-0.25, -0.2) is 14.4 Å². The standard InChI is InChI=1S/C24H29BFN7O/c1-24(2,18-8-6-17(7-9-18)22(27)33-28)23(34)32-21-12-20(29-15-30-21)13-25(3)31-14-16-4-10-19(26)11-5-16/h4-12,15,31H,13-14,28H2,1-3H3,(H2,27,33)(H,29,30,32,34). The fourth-order valence-corrected chi connectivity index (χ4v) is 3.39. The predicted octanol–water partition coefficient (Wildman–Crippen LogP) is 2.60. The molecule has 8 nitrogen and oxygen atoms in total. The Morgan fingerprint density at radius 1 is 1.12 bits per heavy atom. The molecule has 0 unspecified atom stereocenters. The molecule has 0 spiro atoms. The number of anilines is 1. The van der Waals surface area contributed by atoms with Crippen molar-refractivity contribution in [3.63, 3.8) is 0 Å². The van der Waals surface area contributed by atoms with Gasteiger partial charge < -0.3 is 22.1 Å². The molecule has 3 aromatic rings. The number of hydrazone groups is 1. The lowest BCUT2D eigenvalue weighted by Gasteiger charge is -2.24. The van der Waals surface area contributed by atoms with Gasteiger partial charge >= 0.3 is 0 Å². The number of carbonyl (C=O) groups is 1. The van der Waals surface area contributed by atoms with Crippen molar-refractivity contribution in [2.24, 2.45) is 16.7 Å². The highest BCUT2D eigenvalue weighted by molar-refractivity contribution is 6.53. The van der Waals surface area contributed by atoms with Crippen LogP contribution in [0, 0.1) is 5.82 Å². The first kappa shape index (κ1) is 24.8. The molecule has 34 heavy (non-hydrogen) atoms. The normalized spacial score (nSPS) is 11.8. The molecule has 1 heterocycles. The molecule has 2 aromatic carbocycles. The minimum Gasteiger partial charge on any atom is -0.382 e. The number of carbonyl (C=O) groups excluding carboxylic acids is 1. The first-order chi connectivity index (χ1) is 16.2. The quantitative estimate of drug-likeness (QED) is 0.127. The van der Waals surface area contributed by atoms with Crippen LogP contribution in [0.3, 0.4) is 0 Å². The number of halogens is 1. The molecule has 1 amide bonds. The number of nitrogens with two attached hydrogens (primary N) is 2. The summed E-state index contributed by atoms with van der Waals surface area (Å²) in [5.74, 6) is 5.43. The van der Waals surface area contributed by atoms with Crippen molar-refractivity contribution < 1.29 is 9.18 Å². The second-order valence-electron chi connectivity index (χ2n) is 8.68. The fraction of sp³-hybridized carbons (Fsp3) is 0.250. The number of aromatic nitrogens is 2. The van der Waals surface area contributed by atoms with Crippen molar-refractivity contribution >= 4 is 24.4 Å². The topological polar surface area (TPSA) is 131 Å². The van der Waals surface area contributed by atoms with Crippen molar-refractivity contribution in [2.75, 3.05) is 5.32 Å². The molecule has 0 atom stereocenters. The number of nitrogens with one attached hydrogen (secondary N) is 2. The van der Waals surface area contributed by atoms with Crippen LogP contribution in [0.25, 0.3) is 0 Å². The maximum Gasteiger partial charge on any atom is 0.235 e. The summed E-state index contributed by atoms with van der Waals surface area (Å²) >= 11 is 0. The second-order valence-corrected chi connectivity index (χ2v) is 8.68. The predicted molar refractivity (Wildman–Crippen MR) is 134 cm³/mol. The minimum absolute atomic E-state index is 0.114. The Bertz CT molecular complexity index is 1150. The van der Waals surface area contributed by atoms with Gasteiger partial charge in [-0.1, -0.05) is 43.2 Å². The first-order valence-corrected chi connectivity index (χ1v) is 10.9. The van der Waals surface area contributed by atoms with Gasteiger partial charge in [0.25, 0.3) is 0 Å². The van der Waals surface area contributed by atoms with E-state index < -0.39 is 5.41 Å². The van der Waals surface area contributed by atoms with E-state index in [0.717, 1.165) is 16.8 Å². The van der Waals surface area contributed by atoms with Crippen LogP contribution in [-0.4, -0.2) is 28.6 Å². The number of benzene rings is 2. The van der Waals surface area contributed by atoms with E-state index in [1.54, 1.807) is 30.3 Å². The summed E-state index contributed by atoms with van der Waals surface area (Å²) in [6, 6.07) is 15.4. The Morgan fingerprint density at radius 2 is 1.79 bits per heavy atom. The van der Waals surface area contributed by atoms with E-state index in [2.05, 4.69) is 25.6 Å². The molecule has 0 aliphatic carbocycles. The smallest absolute Gasteiger partial charge is 0.235 e. The van der Waals surface area contributed by atoms with Gasteiger partial charge in [-0.2, -0.15) is 5.10 Å². The third-order valence-corrected chi connectivity index (χ3v) is 5.66. The van der Waals surface area contributed by atoms with Crippen LogP contribution in [0.15, 0.2) is 66.0 Å². The molecule has 0 radical (unpaired) electrons. The van der Waals surface area contributed by atoms with Crippen LogP contribution in [0.4, 0.5) is 10.2 Å². The van der Waals surface area contributed by atoms with Gasteiger partial charge in [0.1, 0.15) is 23.8 Å². The lowest BCUT2D eigenvalue weighted by molar-refractivity contribution is -0.120. The van der Waals surface area contributed by atoms with Gasteiger partial charge in [0.15, 0.2) is 0 Å². The maximum absolute atomic E-state index is 13.1. The summed E-state index contributed by atoms with van der Waals surface area (Å²) < 4.78 is 13.1. The van der Waals surface area contributed by atoms with Crippen LogP contribution in [0.2, 0.25) is 6.82 Å². The lowest BCUT2D eigenvalue weighted by Crippen LogP contribution is -2.35. The van der Waals surface area contributed by atoms with Gasteiger partial charge in [-0.15, -0.1) is 0 Å². The monoisotopic (exact) mass is 461 g/mol. The average Bonchev–Trinajstić information content (AvgIpc) is 2.83. The van der Waals surface area contributed by atoms with E-state index in [0.29, 0.717) is 24.2 Å². The van der Waals surface area contributed by atoms with Crippen LogP contribution in [0.1, 0.15) is 36.2 Å². The highest BCUT2D eigenvalue weighted by atomic mass is 19.1. The van der Waals surface area contributed by atoms with E-state index in [-0.39, 0.29) is 24.4 Å². The number of rotatable bonds is 9. The molecular formula is C24H29BFN7O. The van der Waals surface area contributed by atoms with Gasteiger partial charge in [0, 0.05) is 23.9 Å². The fourth-order valence-electron chi connectivity index (χ4n) is 3.39. The number of amides is 1. The van der Waals surface area contributed by atoms with E-state index in [1.807, 2.05) is 32.8 Å². The molecule has 0 aliphatic rings. The Kier molecular flexibility index (Phi) is 7.96. The third kappa shape index (κ3) is 6.38. The molecule has 0 saturated carbocycles. The summed E-state index contributed by atoms with van der Waals surface area (Å²) in [5, 5.41) is 9.77. The molecule has 0 bridgehead atoms. The van der Waals surface area contributed by atoms with Crippen LogP contribution >= 0.6 is 0 Å². The summed E-state index contributed by atoms with van der Waals surface area (Å²) in [6.07, 6.45) is 2.08. The first-order valence-electron chi connectivity index (χ1n) is 10.9. The van der Waals surface area contributed by atoms with Crippen molar-refractivity contribution in [1.82, 2.24) is 15.2 Å². The van der Waals surface area contributed by atoms with E-state index in [1.165, 1.54) is 18.5 Å². The number of hydrogen-bond acceptors (Lipinski definition) is 6. The zero-order valence-electron chi connectivity index (χ0n) is 19.5. The summed E-state index contributed by atoms with van der Waals surface area (Å²) in [4.78, 5) is 21.6. The number of nitrogens with zero attached hydrogens (tertiary/aromatic N) is 3. The van der Waals surface area contributed by atoms with Gasteiger partial charge in [-0.3, -0.25) is 4.79 Å². The Morgan fingerprint density at radius 3 is 2.44 bits per heavy atom. The molecule has 6 N–H and O–H groups in total. The zero-order chi connectivity index (χ0) is 24.7. The highest BCUT2D eigenvalue weighted by Gasteiger charge is 2.30. The number of amidine groups is 1. The van der Waals surface area contributed by atoms with Crippen molar-refractivity contribution in [2.45, 2.75) is 39.0 Å². The molecule has 0 aliphatic heterocycles. The second kappa shape index (κ2) is 10.9. The summed E-state index contributed by atoms with van der Waals surface area (Å²) in [6.45, 7) is 6.44. The molecular weight excluding hydrogens is 432 g/mol. The average molecular weight is 461 g/mol. The Hall–Kier alpha value is -3.79. The molecule has 0 fully saturated rings. The van der Waals surface area contributed by atoms with E-state index in [4.69, 9.17) is 11.6 Å².